The van der Waals surface area contributed by atoms with Gasteiger partial charge in [0.2, 0.25) is 0 Å². The highest BCUT2D eigenvalue weighted by atomic mass is 32.1. The van der Waals surface area contributed by atoms with Crippen LogP contribution in [0.5, 0.6) is 5.75 Å². The molecule has 2 aromatic rings. The van der Waals surface area contributed by atoms with E-state index in [0.29, 0.717) is 0 Å². The van der Waals surface area contributed by atoms with Crippen LogP contribution in [0.15, 0.2) is 29.6 Å². The summed E-state index contributed by atoms with van der Waals surface area (Å²) in [7, 11) is 1.67. The van der Waals surface area contributed by atoms with Crippen molar-refractivity contribution in [3.05, 3.63) is 45.9 Å². The molecule has 1 aliphatic rings. The molecule has 1 heterocycles. The first-order valence-electron chi connectivity index (χ1n) is 7.00. The van der Waals surface area contributed by atoms with E-state index in [1.165, 1.54) is 11.3 Å². The average molecular weight is 303 g/mol. The van der Waals surface area contributed by atoms with Gasteiger partial charge in [-0.1, -0.05) is 31.0 Å². The number of carboxylic acids is 1. The number of nitrogens with zero attached hydrogens (tertiary/aromatic N) is 1. The molecule has 4 nitrogen and oxygen atoms in total. The largest absolute Gasteiger partial charge is 0.496 e. The van der Waals surface area contributed by atoms with Crippen LogP contribution in [0.3, 0.4) is 0 Å². The molecule has 0 amide bonds. The molecule has 1 saturated carbocycles. The van der Waals surface area contributed by atoms with Gasteiger partial charge in [-0.2, -0.15) is 0 Å². The zero-order valence-electron chi connectivity index (χ0n) is 11.8. The highest BCUT2D eigenvalue weighted by Crippen LogP contribution is 2.50. The molecule has 1 aliphatic carbocycles. The summed E-state index contributed by atoms with van der Waals surface area (Å²) >= 11 is 1.44. The van der Waals surface area contributed by atoms with E-state index in [1.54, 1.807) is 12.5 Å². The summed E-state index contributed by atoms with van der Waals surface area (Å²) in [6.07, 6.45) is 4.22. The van der Waals surface area contributed by atoms with Gasteiger partial charge >= 0.3 is 5.97 Å². The maximum absolute atomic E-state index is 11.1. The Labute approximate surface area is 127 Å². The molecule has 1 fully saturated rings. The lowest BCUT2D eigenvalue weighted by Gasteiger charge is -2.28. The number of benzene rings is 1. The van der Waals surface area contributed by atoms with E-state index in [9.17, 15) is 4.79 Å². The summed E-state index contributed by atoms with van der Waals surface area (Å²) in [5.41, 5.74) is 1.05. The van der Waals surface area contributed by atoms with Crippen molar-refractivity contribution >= 4 is 17.3 Å². The van der Waals surface area contributed by atoms with Crippen LogP contribution >= 0.6 is 11.3 Å². The number of carboxylic acid groups (broad SMARTS) is 1. The molecule has 3 rings (SSSR count). The number of aromatic nitrogens is 1. The summed E-state index contributed by atoms with van der Waals surface area (Å²) in [6, 6.07) is 7.99. The Hall–Kier alpha value is -1.88. The Morgan fingerprint density at radius 2 is 2.05 bits per heavy atom. The van der Waals surface area contributed by atoms with Crippen LogP contribution in [0.1, 0.15) is 46.7 Å². The minimum Gasteiger partial charge on any atom is -0.496 e. The van der Waals surface area contributed by atoms with Crippen molar-refractivity contribution in [3.8, 4) is 5.75 Å². The fraction of sp³-hybridized carbons (Fsp3) is 0.375. The third-order valence-electron chi connectivity index (χ3n) is 4.21. The van der Waals surface area contributed by atoms with Gasteiger partial charge in [0.05, 0.1) is 12.5 Å². The maximum Gasteiger partial charge on any atom is 0.355 e. The molecular formula is C16H17NO3S. The number of aromatic carboxylic acids is 1. The summed E-state index contributed by atoms with van der Waals surface area (Å²) in [5, 5.41) is 11.6. The summed E-state index contributed by atoms with van der Waals surface area (Å²) in [4.78, 5) is 15.5. The molecule has 0 saturated heterocycles. The van der Waals surface area contributed by atoms with Gasteiger partial charge in [-0.05, 0) is 18.9 Å². The van der Waals surface area contributed by atoms with Crippen molar-refractivity contribution in [3.63, 3.8) is 0 Å². The quantitative estimate of drug-likeness (QED) is 0.935. The topological polar surface area (TPSA) is 59.4 Å². The minimum atomic E-state index is -0.967. The molecular weight excluding hydrogens is 286 g/mol. The normalized spacial score (nSPS) is 16.8. The first kappa shape index (κ1) is 14.1. The highest BCUT2D eigenvalue weighted by Gasteiger charge is 2.42. The number of carbonyl (C=O) groups is 1. The van der Waals surface area contributed by atoms with Crippen LogP contribution in [0.4, 0.5) is 0 Å². The predicted molar refractivity (Wildman–Crippen MR) is 81.3 cm³/mol. The molecule has 110 valence electrons. The predicted octanol–water partition coefficient (Wildman–Crippen LogP) is 3.71. The van der Waals surface area contributed by atoms with E-state index < -0.39 is 5.97 Å². The SMILES string of the molecule is COc1ccccc1C1(c2nc(C(=O)O)cs2)CCCC1. The number of thiazole rings is 1. The zero-order valence-corrected chi connectivity index (χ0v) is 12.7. The van der Waals surface area contributed by atoms with E-state index in [1.807, 2.05) is 18.2 Å². The molecule has 1 N–H and O–H groups in total. The molecule has 0 atom stereocenters. The number of para-hydroxylation sites is 1. The summed E-state index contributed by atoms with van der Waals surface area (Å²) < 4.78 is 5.52. The second-order valence-electron chi connectivity index (χ2n) is 5.33. The molecule has 0 bridgehead atoms. The van der Waals surface area contributed by atoms with Gasteiger partial charge in [0, 0.05) is 10.9 Å². The van der Waals surface area contributed by atoms with Gasteiger partial charge < -0.3 is 9.84 Å². The summed E-state index contributed by atoms with van der Waals surface area (Å²) in [5.74, 6) is -0.114. The van der Waals surface area contributed by atoms with E-state index in [2.05, 4.69) is 11.1 Å². The van der Waals surface area contributed by atoms with Crippen LogP contribution in [0.25, 0.3) is 0 Å². The lowest BCUT2D eigenvalue weighted by Crippen LogP contribution is -2.24. The number of methoxy groups -OCH3 is 1. The molecule has 5 heteroatoms. The monoisotopic (exact) mass is 303 g/mol. The van der Waals surface area contributed by atoms with Crippen LogP contribution in [0.2, 0.25) is 0 Å². The molecule has 0 spiro atoms. The van der Waals surface area contributed by atoms with Gasteiger partial charge in [-0.3, -0.25) is 0 Å². The molecule has 21 heavy (non-hydrogen) atoms. The molecule has 0 aliphatic heterocycles. The average Bonchev–Trinajstić information content (AvgIpc) is 3.17. The van der Waals surface area contributed by atoms with E-state index in [4.69, 9.17) is 9.84 Å². The van der Waals surface area contributed by atoms with Gasteiger partial charge in [0.25, 0.3) is 0 Å². The highest BCUT2D eigenvalue weighted by molar-refractivity contribution is 7.10. The Balaban J connectivity index is 2.13. The minimum absolute atomic E-state index is 0.135. The zero-order chi connectivity index (χ0) is 14.9. The van der Waals surface area contributed by atoms with Crippen LogP contribution in [-0.2, 0) is 5.41 Å². The van der Waals surface area contributed by atoms with Crippen molar-refractivity contribution in [2.75, 3.05) is 7.11 Å². The fourth-order valence-corrected chi connectivity index (χ4v) is 4.28. The van der Waals surface area contributed by atoms with Crippen LogP contribution in [0, 0.1) is 0 Å². The molecule has 1 aromatic carbocycles. The third-order valence-corrected chi connectivity index (χ3v) is 5.26. The molecule has 0 radical (unpaired) electrons. The molecule has 0 unspecified atom stereocenters. The number of hydrogen-bond acceptors (Lipinski definition) is 4. The third kappa shape index (κ3) is 2.31. The smallest absolute Gasteiger partial charge is 0.355 e. The van der Waals surface area contributed by atoms with Crippen LogP contribution < -0.4 is 4.74 Å². The van der Waals surface area contributed by atoms with E-state index in [0.717, 1.165) is 42.0 Å². The first-order chi connectivity index (χ1) is 10.2. The number of hydrogen-bond donors (Lipinski definition) is 1. The van der Waals surface area contributed by atoms with Crippen molar-refractivity contribution in [2.24, 2.45) is 0 Å². The van der Waals surface area contributed by atoms with Gasteiger partial charge in [0.1, 0.15) is 10.8 Å². The Kier molecular flexibility index (Phi) is 3.68. The Bertz CT molecular complexity index is 659. The Morgan fingerprint density at radius 3 is 2.67 bits per heavy atom. The number of rotatable bonds is 4. The van der Waals surface area contributed by atoms with E-state index in [-0.39, 0.29) is 11.1 Å². The van der Waals surface area contributed by atoms with Gasteiger partial charge in [-0.15, -0.1) is 11.3 Å². The summed E-state index contributed by atoms with van der Waals surface area (Å²) in [6.45, 7) is 0. The van der Waals surface area contributed by atoms with Crippen LogP contribution in [-0.4, -0.2) is 23.2 Å². The first-order valence-corrected chi connectivity index (χ1v) is 7.88. The number of ether oxygens (including phenoxy) is 1. The standard InChI is InChI=1S/C16H17NO3S/c1-20-13-7-3-2-6-11(13)16(8-4-5-9-16)15-17-12(10-21-15)14(18)19/h2-3,6-7,10H,4-5,8-9H2,1H3,(H,18,19). The lowest BCUT2D eigenvalue weighted by molar-refractivity contribution is 0.0691. The fourth-order valence-electron chi connectivity index (χ4n) is 3.21. The van der Waals surface area contributed by atoms with Gasteiger partial charge in [0.15, 0.2) is 5.69 Å². The molecule has 1 aromatic heterocycles. The maximum atomic E-state index is 11.1. The second kappa shape index (κ2) is 5.48. The lowest BCUT2D eigenvalue weighted by atomic mass is 9.79. The van der Waals surface area contributed by atoms with Crippen molar-refractivity contribution in [1.29, 1.82) is 0 Å². The second-order valence-corrected chi connectivity index (χ2v) is 6.19. The van der Waals surface area contributed by atoms with Crippen molar-refractivity contribution < 1.29 is 14.6 Å². The Morgan fingerprint density at radius 1 is 1.33 bits per heavy atom. The van der Waals surface area contributed by atoms with Crippen molar-refractivity contribution in [1.82, 2.24) is 4.98 Å². The van der Waals surface area contributed by atoms with Gasteiger partial charge in [-0.25, -0.2) is 9.78 Å². The van der Waals surface area contributed by atoms with Crippen molar-refractivity contribution in [2.45, 2.75) is 31.1 Å². The van der Waals surface area contributed by atoms with E-state index >= 15 is 0 Å².